The third kappa shape index (κ3) is 6.72. The number of nitrogens with one attached hydrogen (secondary N) is 2. The van der Waals surface area contributed by atoms with Crippen molar-refractivity contribution in [3.8, 4) is 0 Å². The molecule has 2 N–H and O–H groups in total. The Hall–Kier alpha value is -2.56. The van der Waals surface area contributed by atoms with Gasteiger partial charge in [0.25, 0.3) is 0 Å². The van der Waals surface area contributed by atoms with Crippen LogP contribution < -0.4 is 10.6 Å². The Bertz CT molecular complexity index is 1060. The van der Waals surface area contributed by atoms with Gasteiger partial charge in [0, 0.05) is 57.7 Å². The molecule has 4 rings (SSSR count). The number of rotatable bonds is 8. The minimum absolute atomic E-state index is 0.728. The van der Waals surface area contributed by atoms with E-state index in [-0.39, 0.29) is 0 Å². The van der Waals surface area contributed by atoms with E-state index in [1.165, 1.54) is 25.7 Å². The number of halogens is 2. The van der Waals surface area contributed by atoms with Gasteiger partial charge in [0.1, 0.15) is 0 Å². The smallest absolute Gasteiger partial charge is 0.0737 e. The molecular weight excluding hydrogens is 439 g/mol. The van der Waals surface area contributed by atoms with Crippen LogP contribution in [0.3, 0.4) is 0 Å². The summed E-state index contributed by atoms with van der Waals surface area (Å²) >= 11 is 11.9. The van der Waals surface area contributed by atoms with Gasteiger partial charge in [-0.1, -0.05) is 49.9 Å². The number of aromatic nitrogens is 2. The van der Waals surface area contributed by atoms with E-state index in [0.717, 1.165) is 56.3 Å². The Kier molecular flexibility index (Phi) is 9.39. The summed E-state index contributed by atoms with van der Waals surface area (Å²) in [5, 5.41) is 10.6. The van der Waals surface area contributed by atoms with Gasteiger partial charge >= 0.3 is 0 Å². The van der Waals surface area contributed by atoms with E-state index in [1.807, 2.05) is 60.9 Å². The molecule has 0 aliphatic heterocycles. The van der Waals surface area contributed by atoms with E-state index in [1.54, 1.807) is 0 Å². The van der Waals surface area contributed by atoms with Crippen LogP contribution in [0.5, 0.6) is 0 Å². The molecule has 2 aromatic carbocycles. The van der Waals surface area contributed by atoms with Crippen molar-refractivity contribution in [2.45, 2.75) is 39.5 Å². The topological polar surface area (TPSA) is 49.8 Å². The number of hydrogen-bond acceptors (Lipinski definition) is 4. The number of hydrogen-bond donors (Lipinski definition) is 2. The molecule has 0 atom stereocenters. The predicted octanol–water partition coefficient (Wildman–Crippen LogP) is 8.20. The lowest BCUT2D eigenvalue weighted by molar-refractivity contribution is 0.835. The molecule has 0 aliphatic carbocycles. The molecule has 4 aromatic rings. The summed E-state index contributed by atoms with van der Waals surface area (Å²) in [6, 6.07) is 15.6. The standard InChI is InChI=1S/2C13H15ClN2/c2*1-2-3-7-15-12-6-8-16-13-9-10(14)4-5-11(12)13/h2*4-6,8-9H,2-3,7H2,1H3,(H,15,16). The second-order valence-electron chi connectivity index (χ2n) is 7.60. The van der Waals surface area contributed by atoms with Crippen molar-refractivity contribution in [1.29, 1.82) is 0 Å². The zero-order valence-corrected chi connectivity index (χ0v) is 20.2. The van der Waals surface area contributed by atoms with Crippen LogP contribution in [0.4, 0.5) is 11.4 Å². The second-order valence-corrected chi connectivity index (χ2v) is 8.47. The highest BCUT2D eigenvalue weighted by atomic mass is 35.5. The van der Waals surface area contributed by atoms with Crippen LogP contribution in [-0.2, 0) is 0 Å². The number of pyridine rings is 2. The normalized spacial score (nSPS) is 10.6. The summed E-state index contributed by atoms with van der Waals surface area (Å²) in [6.45, 7) is 6.37. The monoisotopic (exact) mass is 468 g/mol. The Morgan fingerprint density at radius 1 is 0.656 bits per heavy atom. The molecule has 168 valence electrons. The van der Waals surface area contributed by atoms with Gasteiger partial charge in [-0.25, -0.2) is 0 Å². The molecule has 0 fully saturated rings. The van der Waals surface area contributed by atoms with Crippen LogP contribution in [-0.4, -0.2) is 23.1 Å². The van der Waals surface area contributed by atoms with E-state index in [0.29, 0.717) is 0 Å². The van der Waals surface area contributed by atoms with Crippen LogP contribution in [0, 0.1) is 0 Å². The van der Waals surface area contributed by atoms with E-state index in [4.69, 9.17) is 23.2 Å². The van der Waals surface area contributed by atoms with E-state index >= 15 is 0 Å². The van der Waals surface area contributed by atoms with Gasteiger partial charge in [0.05, 0.1) is 11.0 Å². The Morgan fingerprint density at radius 2 is 1.09 bits per heavy atom. The highest BCUT2D eigenvalue weighted by Gasteiger charge is 2.02. The van der Waals surface area contributed by atoms with Crippen LogP contribution in [0.2, 0.25) is 10.0 Å². The third-order valence-corrected chi connectivity index (χ3v) is 5.57. The molecule has 0 aliphatic rings. The summed E-state index contributed by atoms with van der Waals surface area (Å²) < 4.78 is 0. The third-order valence-electron chi connectivity index (χ3n) is 5.10. The Morgan fingerprint density at radius 3 is 1.50 bits per heavy atom. The molecule has 0 unspecified atom stereocenters. The minimum atomic E-state index is 0.728. The SMILES string of the molecule is CCCCNc1ccnc2cc(Cl)ccc12.CCCCNc1ccnc2cc(Cl)ccc12. The van der Waals surface area contributed by atoms with Crippen molar-refractivity contribution < 1.29 is 0 Å². The summed E-state index contributed by atoms with van der Waals surface area (Å²) in [5.41, 5.74) is 4.15. The van der Waals surface area contributed by atoms with Gasteiger partial charge in [0.15, 0.2) is 0 Å². The fourth-order valence-corrected chi connectivity index (χ4v) is 3.68. The minimum Gasteiger partial charge on any atom is -0.384 e. The van der Waals surface area contributed by atoms with Gasteiger partial charge in [-0.2, -0.15) is 0 Å². The lowest BCUT2D eigenvalue weighted by Crippen LogP contribution is -2.01. The molecule has 0 radical (unpaired) electrons. The lowest BCUT2D eigenvalue weighted by Gasteiger charge is -2.08. The van der Waals surface area contributed by atoms with Gasteiger partial charge in [-0.3, -0.25) is 9.97 Å². The zero-order valence-electron chi connectivity index (χ0n) is 18.7. The van der Waals surface area contributed by atoms with Crippen molar-refractivity contribution in [2.75, 3.05) is 23.7 Å². The molecule has 32 heavy (non-hydrogen) atoms. The van der Waals surface area contributed by atoms with E-state index in [2.05, 4.69) is 34.4 Å². The fourth-order valence-electron chi connectivity index (χ4n) is 3.35. The molecule has 4 nitrogen and oxygen atoms in total. The Balaban J connectivity index is 0.000000181. The summed E-state index contributed by atoms with van der Waals surface area (Å²) in [4.78, 5) is 8.61. The first kappa shape index (κ1) is 24.1. The largest absolute Gasteiger partial charge is 0.384 e. The van der Waals surface area contributed by atoms with Crippen molar-refractivity contribution in [1.82, 2.24) is 9.97 Å². The summed E-state index contributed by atoms with van der Waals surface area (Å²) in [6.07, 6.45) is 8.37. The average molecular weight is 469 g/mol. The number of anilines is 2. The summed E-state index contributed by atoms with van der Waals surface area (Å²) in [5.74, 6) is 0. The molecule has 0 amide bonds. The second kappa shape index (κ2) is 12.5. The molecule has 0 bridgehead atoms. The van der Waals surface area contributed by atoms with E-state index in [9.17, 15) is 0 Å². The van der Waals surface area contributed by atoms with Gasteiger partial charge in [0.2, 0.25) is 0 Å². The van der Waals surface area contributed by atoms with Gasteiger partial charge in [-0.05, 0) is 61.4 Å². The maximum atomic E-state index is 5.94. The maximum absolute atomic E-state index is 5.94. The van der Waals surface area contributed by atoms with Crippen LogP contribution in [0.15, 0.2) is 60.9 Å². The van der Waals surface area contributed by atoms with Gasteiger partial charge in [-0.15, -0.1) is 0 Å². The maximum Gasteiger partial charge on any atom is 0.0737 e. The highest BCUT2D eigenvalue weighted by molar-refractivity contribution is 6.31. The van der Waals surface area contributed by atoms with Crippen LogP contribution in [0.25, 0.3) is 21.8 Å². The number of nitrogens with zero attached hydrogens (tertiary/aromatic N) is 2. The van der Waals surface area contributed by atoms with Crippen molar-refractivity contribution in [3.63, 3.8) is 0 Å². The molecular formula is C26H30Cl2N4. The molecule has 0 spiro atoms. The number of benzene rings is 2. The molecule has 0 saturated heterocycles. The Labute approximate surface area is 200 Å². The predicted molar refractivity (Wildman–Crippen MR) is 140 cm³/mol. The van der Waals surface area contributed by atoms with E-state index < -0.39 is 0 Å². The van der Waals surface area contributed by atoms with Gasteiger partial charge < -0.3 is 10.6 Å². The average Bonchev–Trinajstić information content (AvgIpc) is 2.79. The van der Waals surface area contributed by atoms with Crippen molar-refractivity contribution in [3.05, 3.63) is 71.0 Å². The number of fused-ring (bicyclic) bond motifs is 2. The first-order valence-electron chi connectivity index (χ1n) is 11.2. The fraction of sp³-hybridized carbons (Fsp3) is 0.308. The highest BCUT2D eigenvalue weighted by Crippen LogP contribution is 2.25. The zero-order chi connectivity index (χ0) is 22.8. The molecule has 6 heteroatoms. The summed E-state index contributed by atoms with van der Waals surface area (Å²) in [7, 11) is 0. The van der Waals surface area contributed by atoms with Crippen LogP contribution >= 0.6 is 23.2 Å². The first-order valence-corrected chi connectivity index (χ1v) is 11.9. The first-order chi connectivity index (χ1) is 15.6. The molecule has 2 aromatic heterocycles. The van der Waals surface area contributed by atoms with Crippen molar-refractivity contribution in [2.24, 2.45) is 0 Å². The van der Waals surface area contributed by atoms with Crippen LogP contribution in [0.1, 0.15) is 39.5 Å². The quantitative estimate of drug-likeness (QED) is 0.255. The number of unbranched alkanes of at least 4 members (excludes halogenated alkanes) is 2. The van der Waals surface area contributed by atoms with Crippen molar-refractivity contribution >= 4 is 56.4 Å². The molecule has 2 heterocycles. The lowest BCUT2D eigenvalue weighted by atomic mass is 10.2. The molecule has 0 saturated carbocycles.